The molecule has 0 aromatic rings. The minimum atomic E-state index is -0.842. The number of hydrogen-bond acceptors (Lipinski definition) is 3. The fourth-order valence-electron chi connectivity index (χ4n) is 2.57. The predicted octanol–water partition coefficient (Wildman–Crippen LogP) is 0.975. The quantitative estimate of drug-likeness (QED) is 0.781. The van der Waals surface area contributed by atoms with Crippen molar-refractivity contribution >= 4 is 12.0 Å². The summed E-state index contributed by atoms with van der Waals surface area (Å²) in [5.41, 5.74) is 0. The Morgan fingerprint density at radius 2 is 2.11 bits per heavy atom. The van der Waals surface area contributed by atoms with Gasteiger partial charge in [0, 0.05) is 25.2 Å². The molecule has 2 atom stereocenters. The molecule has 1 aliphatic rings. The highest BCUT2D eigenvalue weighted by molar-refractivity contribution is 5.76. The largest absolute Gasteiger partial charge is 0.481 e. The Bertz CT molecular complexity index is 320. The van der Waals surface area contributed by atoms with Crippen molar-refractivity contribution in [2.24, 2.45) is 0 Å². The molecule has 0 aliphatic carbocycles. The predicted molar refractivity (Wildman–Crippen MR) is 73.1 cm³/mol. The van der Waals surface area contributed by atoms with Crippen molar-refractivity contribution in [1.29, 1.82) is 0 Å². The van der Waals surface area contributed by atoms with Crippen LogP contribution in [0.1, 0.15) is 32.6 Å². The first-order valence-electron chi connectivity index (χ1n) is 6.83. The van der Waals surface area contributed by atoms with Crippen molar-refractivity contribution < 1.29 is 14.7 Å². The molecule has 1 aliphatic heterocycles. The molecule has 1 fully saturated rings. The van der Waals surface area contributed by atoms with Gasteiger partial charge in [-0.25, -0.2) is 4.79 Å². The molecule has 110 valence electrons. The van der Waals surface area contributed by atoms with Gasteiger partial charge < -0.3 is 20.2 Å². The molecule has 0 saturated carbocycles. The zero-order valence-electron chi connectivity index (χ0n) is 12.1. The van der Waals surface area contributed by atoms with E-state index < -0.39 is 5.97 Å². The average molecular weight is 271 g/mol. The minimum absolute atomic E-state index is 0.0372. The molecule has 0 bridgehead atoms. The monoisotopic (exact) mass is 271 g/mol. The van der Waals surface area contributed by atoms with E-state index in [1.165, 1.54) is 0 Å². The Kier molecular flexibility index (Phi) is 6.08. The van der Waals surface area contributed by atoms with E-state index in [0.29, 0.717) is 6.54 Å². The van der Waals surface area contributed by atoms with E-state index in [-0.39, 0.29) is 24.5 Å². The lowest BCUT2D eigenvalue weighted by Crippen LogP contribution is -2.52. The number of carbonyl (C=O) groups excluding carboxylic acids is 1. The first kappa shape index (κ1) is 15.8. The maximum absolute atomic E-state index is 12.2. The summed E-state index contributed by atoms with van der Waals surface area (Å²) in [5, 5.41) is 11.8. The van der Waals surface area contributed by atoms with Gasteiger partial charge in [-0.2, -0.15) is 0 Å². The summed E-state index contributed by atoms with van der Waals surface area (Å²) in [6.07, 6.45) is 2.76. The maximum atomic E-state index is 12.2. The molecule has 1 heterocycles. The van der Waals surface area contributed by atoms with E-state index in [0.717, 1.165) is 25.8 Å². The van der Waals surface area contributed by atoms with Crippen molar-refractivity contribution in [3.05, 3.63) is 0 Å². The van der Waals surface area contributed by atoms with Crippen LogP contribution in [-0.2, 0) is 4.79 Å². The number of amides is 2. The van der Waals surface area contributed by atoms with E-state index in [2.05, 4.69) is 5.32 Å². The third-order valence-corrected chi connectivity index (χ3v) is 3.31. The number of hydrogen-bond donors (Lipinski definition) is 2. The summed E-state index contributed by atoms with van der Waals surface area (Å²) in [6.45, 7) is 3.37. The summed E-state index contributed by atoms with van der Waals surface area (Å²) in [7, 11) is 3.91. The van der Waals surface area contributed by atoms with E-state index >= 15 is 0 Å². The van der Waals surface area contributed by atoms with Gasteiger partial charge in [0.25, 0.3) is 0 Å². The second kappa shape index (κ2) is 7.33. The Morgan fingerprint density at radius 3 is 2.68 bits per heavy atom. The zero-order chi connectivity index (χ0) is 14.4. The highest BCUT2D eigenvalue weighted by atomic mass is 16.4. The van der Waals surface area contributed by atoms with E-state index in [9.17, 15) is 9.59 Å². The fourth-order valence-corrected chi connectivity index (χ4v) is 2.57. The van der Waals surface area contributed by atoms with Gasteiger partial charge >= 0.3 is 12.0 Å². The Hall–Kier alpha value is -1.30. The number of aliphatic carboxylic acids is 1. The molecule has 2 unspecified atom stereocenters. The lowest BCUT2D eigenvalue weighted by molar-refractivity contribution is -0.138. The number of likely N-dealkylation sites (N-methyl/N-ethyl adjacent to an activating group) is 1. The molecule has 2 amide bonds. The number of carboxylic acids is 1. The third-order valence-electron chi connectivity index (χ3n) is 3.31. The Labute approximate surface area is 114 Å². The van der Waals surface area contributed by atoms with E-state index in [1.54, 1.807) is 4.90 Å². The molecule has 0 radical (unpaired) electrons. The van der Waals surface area contributed by atoms with Crippen LogP contribution >= 0.6 is 0 Å². The van der Waals surface area contributed by atoms with Crippen molar-refractivity contribution in [3.63, 3.8) is 0 Å². The van der Waals surface area contributed by atoms with Gasteiger partial charge in [0.2, 0.25) is 0 Å². The van der Waals surface area contributed by atoms with Crippen LogP contribution in [-0.4, -0.2) is 66.2 Å². The molecule has 1 saturated heterocycles. The smallest absolute Gasteiger partial charge is 0.317 e. The molecule has 0 spiro atoms. The first-order chi connectivity index (χ1) is 8.90. The summed E-state index contributed by atoms with van der Waals surface area (Å²) in [4.78, 5) is 26.7. The first-order valence-corrected chi connectivity index (χ1v) is 6.83. The number of nitrogens with one attached hydrogen (secondary N) is 1. The van der Waals surface area contributed by atoms with Gasteiger partial charge in [-0.3, -0.25) is 4.79 Å². The second-order valence-corrected chi connectivity index (χ2v) is 5.55. The number of nitrogens with zero attached hydrogens (tertiary/aromatic N) is 2. The molecule has 6 nitrogen and oxygen atoms in total. The van der Waals surface area contributed by atoms with Crippen molar-refractivity contribution in [2.75, 3.05) is 27.2 Å². The second-order valence-electron chi connectivity index (χ2n) is 5.55. The number of likely N-dealkylation sites (tertiary alicyclic amines) is 1. The van der Waals surface area contributed by atoms with Crippen LogP contribution in [0.2, 0.25) is 0 Å². The van der Waals surface area contributed by atoms with Gasteiger partial charge in [-0.1, -0.05) is 0 Å². The van der Waals surface area contributed by atoms with Crippen LogP contribution in [0.15, 0.2) is 0 Å². The van der Waals surface area contributed by atoms with Gasteiger partial charge in [0.15, 0.2) is 0 Å². The van der Waals surface area contributed by atoms with Crippen LogP contribution in [0.5, 0.6) is 0 Å². The van der Waals surface area contributed by atoms with Gasteiger partial charge in [-0.15, -0.1) is 0 Å². The van der Waals surface area contributed by atoms with Crippen molar-refractivity contribution in [3.8, 4) is 0 Å². The SMILES string of the molecule is CC(CN(C)C)NC(=O)N1CCCCC1CC(=O)O. The van der Waals surface area contributed by atoms with Crippen LogP contribution in [0.4, 0.5) is 4.79 Å². The van der Waals surface area contributed by atoms with Crippen molar-refractivity contribution in [2.45, 2.75) is 44.7 Å². The van der Waals surface area contributed by atoms with Gasteiger partial charge in [-0.05, 0) is 40.3 Å². The Morgan fingerprint density at radius 1 is 1.42 bits per heavy atom. The number of rotatable bonds is 5. The normalized spacial score (nSPS) is 21.3. The van der Waals surface area contributed by atoms with Crippen molar-refractivity contribution in [1.82, 2.24) is 15.1 Å². The minimum Gasteiger partial charge on any atom is -0.481 e. The van der Waals surface area contributed by atoms with Crippen LogP contribution in [0, 0.1) is 0 Å². The van der Waals surface area contributed by atoms with Crippen LogP contribution in [0.3, 0.4) is 0 Å². The molecular formula is C13H25N3O3. The lowest BCUT2D eigenvalue weighted by Gasteiger charge is -2.36. The maximum Gasteiger partial charge on any atom is 0.317 e. The van der Waals surface area contributed by atoms with Gasteiger partial charge in [0.05, 0.1) is 6.42 Å². The summed E-state index contributed by atoms with van der Waals surface area (Å²) < 4.78 is 0. The van der Waals surface area contributed by atoms with Crippen LogP contribution < -0.4 is 5.32 Å². The molecule has 0 aromatic heterocycles. The summed E-state index contributed by atoms with van der Waals surface area (Å²) in [5.74, 6) is -0.842. The summed E-state index contributed by atoms with van der Waals surface area (Å²) >= 11 is 0. The molecule has 6 heteroatoms. The molecule has 19 heavy (non-hydrogen) atoms. The third kappa shape index (κ3) is 5.46. The number of urea groups is 1. The average Bonchev–Trinajstić information content (AvgIpc) is 2.27. The Balaban J connectivity index is 2.54. The topological polar surface area (TPSA) is 72.9 Å². The van der Waals surface area contributed by atoms with Crippen LogP contribution in [0.25, 0.3) is 0 Å². The summed E-state index contributed by atoms with van der Waals surface area (Å²) in [6, 6.07) is -0.256. The molecule has 1 rings (SSSR count). The number of carboxylic acid groups (broad SMARTS) is 1. The van der Waals surface area contributed by atoms with Gasteiger partial charge in [0.1, 0.15) is 0 Å². The standard InChI is InChI=1S/C13H25N3O3/c1-10(9-15(2)3)14-13(19)16-7-5-4-6-11(16)8-12(17)18/h10-11H,4-9H2,1-3H3,(H,14,19)(H,17,18). The van der Waals surface area contributed by atoms with E-state index in [1.807, 2.05) is 25.9 Å². The molecule has 0 aromatic carbocycles. The zero-order valence-corrected chi connectivity index (χ0v) is 12.1. The number of piperidine rings is 1. The molecule has 2 N–H and O–H groups in total. The molecular weight excluding hydrogens is 246 g/mol. The van der Waals surface area contributed by atoms with E-state index in [4.69, 9.17) is 5.11 Å². The highest BCUT2D eigenvalue weighted by Gasteiger charge is 2.28. The fraction of sp³-hybridized carbons (Fsp3) is 0.846. The number of carbonyl (C=O) groups is 2. The highest BCUT2D eigenvalue weighted by Crippen LogP contribution is 2.19. The lowest BCUT2D eigenvalue weighted by atomic mass is 10.00.